The summed E-state index contributed by atoms with van der Waals surface area (Å²) >= 11 is 5.40. The average molecular weight is 348 g/mol. The van der Waals surface area contributed by atoms with Gasteiger partial charge in [-0.1, -0.05) is 0 Å². The Morgan fingerprint density at radius 3 is 2.50 bits per heavy atom. The molecule has 0 N–H and O–H groups in total. The van der Waals surface area contributed by atoms with Crippen LogP contribution in [0.2, 0.25) is 0 Å². The number of nitrogens with zero attached hydrogens (tertiary/aromatic N) is 1. The number of carbonyl (C=O) groups is 1. The molecule has 0 aliphatic carbocycles. The Kier molecular flexibility index (Phi) is 6.34. The largest absolute Gasteiger partial charge is 0.573 e. The minimum absolute atomic E-state index is 0.00193. The van der Waals surface area contributed by atoms with E-state index in [4.69, 9.17) is 11.6 Å². The summed E-state index contributed by atoms with van der Waals surface area (Å²) in [6.07, 6.45) is -8.31. The van der Waals surface area contributed by atoms with Gasteiger partial charge in [0.2, 0.25) is 0 Å². The number of pyridine rings is 1. The van der Waals surface area contributed by atoms with E-state index in [2.05, 4.69) is 14.5 Å². The van der Waals surface area contributed by atoms with Crippen LogP contribution in [-0.4, -0.2) is 23.9 Å². The summed E-state index contributed by atoms with van der Waals surface area (Å²) in [5.41, 5.74) is -1.99. The smallest absolute Gasteiger partial charge is 0.466 e. The Bertz CT molecular complexity index is 536. The van der Waals surface area contributed by atoms with Crippen LogP contribution in [0.15, 0.2) is 6.20 Å². The monoisotopic (exact) mass is 347 g/mol. The Morgan fingerprint density at radius 1 is 1.41 bits per heavy atom. The van der Waals surface area contributed by atoms with Crippen LogP contribution in [-0.2, 0) is 21.8 Å². The Morgan fingerprint density at radius 2 is 2.05 bits per heavy atom. The van der Waals surface area contributed by atoms with Crippen molar-refractivity contribution in [2.24, 2.45) is 0 Å². The second kappa shape index (κ2) is 7.57. The zero-order valence-corrected chi connectivity index (χ0v) is 12.0. The van der Waals surface area contributed by atoms with Gasteiger partial charge in [-0.15, -0.1) is 24.8 Å². The number of carbonyl (C=O) groups excluding carboxylic acids is 1. The van der Waals surface area contributed by atoms with Gasteiger partial charge in [-0.3, -0.25) is 9.78 Å². The van der Waals surface area contributed by atoms with Crippen molar-refractivity contribution in [3.05, 3.63) is 23.0 Å². The molecule has 0 radical (unpaired) electrons. The second-order valence-electron chi connectivity index (χ2n) is 3.94. The molecule has 0 bridgehead atoms. The Balaban J connectivity index is 3.34. The van der Waals surface area contributed by atoms with E-state index in [1.807, 2.05) is 0 Å². The van der Waals surface area contributed by atoms with E-state index in [1.165, 1.54) is 6.92 Å². The lowest BCUT2D eigenvalue weighted by molar-refractivity contribution is -0.275. The topological polar surface area (TPSA) is 48.4 Å². The quantitative estimate of drug-likeness (QED) is 0.446. The third-order valence-electron chi connectivity index (χ3n) is 2.43. The Hall–Kier alpha value is -1.64. The lowest BCUT2D eigenvalue weighted by atomic mass is 10.1. The standard InChI is InChI=1S/C12H11ClF5NO3/c1-2-21-8(20)3-6-5-19-7(4-13)10(9(6)11(14)15)22-12(16,17)18/h5,11H,2-4H2,1H3. The van der Waals surface area contributed by atoms with Gasteiger partial charge in [0, 0.05) is 6.20 Å². The molecule has 1 aromatic heterocycles. The fraction of sp³-hybridized carbons (Fsp3) is 0.500. The van der Waals surface area contributed by atoms with Gasteiger partial charge >= 0.3 is 12.3 Å². The number of hydrogen-bond acceptors (Lipinski definition) is 4. The van der Waals surface area contributed by atoms with Crippen molar-refractivity contribution in [2.75, 3.05) is 6.61 Å². The molecule has 0 saturated heterocycles. The Labute approximate surface area is 127 Å². The molecule has 10 heteroatoms. The molecule has 0 fully saturated rings. The van der Waals surface area contributed by atoms with Gasteiger partial charge in [0.15, 0.2) is 5.75 Å². The lowest BCUT2D eigenvalue weighted by Gasteiger charge is -2.18. The van der Waals surface area contributed by atoms with Crippen molar-refractivity contribution in [2.45, 2.75) is 32.0 Å². The molecule has 4 nitrogen and oxygen atoms in total. The van der Waals surface area contributed by atoms with Crippen LogP contribution in [0.1, 0.15) is 30.2 Å². The van der Waals surface area contributed by atoms with Gasteiger partial charge in [0.1, 0.15) is 0 Å². The number of hydrogen-bond donors (Lipinski definition) is 0. The molecule has 1 aromatic rings. The molecule has 124 valence electrons. The third-order valence-corrected chi connectivity index (χ3v) is 2.68. The van der Waals surface area contributed by atoms with Crippen molar-refractivity contribution >= 4 is 17.6 Å². The lowest BCUT2D eigenvalue weighted by Crippen LogP contribution is -2.21. The van der Waals surface area contributed by atoms with E-state index in [1.54, 1.807) is 0 Å². The highest BCUT2D eigenvalue weighted by Gasteiger charge is 2.36. The molecular weight excluding hydrogens is 337 g/mol. The molecule has 0 saturated carbocycles. The number of rotatable bonds is 6. The van der Waals surface area contributed by atoms with Gasteiger partial charge in [0.25, 0.3) is 6.43 Å². The highest BCUT2D eigenvalue weighted by molar-refractivity contribution is 6.17. The molecule has 1 rings (SSSR count). The second-order valence-corrected chi connectivity index (χ2v) is 4.20. The van der Waals surface area contributed by atoms with Crippen LogP contribution in [0.5, 0.6) is 5.75 Å². The summed E-state index contributed by atoms with van der Waals surface area (Å²) < 4.78 is 71.6. The molecule has 1 heterocycles. The average Bonchev–Trinajstić information content (AvgIpc) is 2.37. The van der Waals surface area contributed by atoms with Crippen molar-refractivity contribution in [3.63, 3.8) is 0 Å². The number of aromatic nitrogens is 1. The maximum Gasteiger partial charge on any atom is 0.573 e. The third kappa shape index (κ3) is 4.97. The van der Waals surface area contributed by atoms with Gasteiger partial charge < -0.3 is 9.47 Å². The summed E-state index contributed by atoms with van der Waals surface area (Å²) in [5, 5.41) is 0. The maximum absolute atomic E-state index is 13.1. The first kappa shape index (κ1) is 18.4. The van der Waals surface area contributed by atoms with Crippen molar-refractivity contribution < 1.29 is 36.2 Å². The predicted molar refractivity (Wildman–Crippen MR) is 65.8 cm³/mol. The SMILES string of the molecule is CCOC(=O)Cc1cnc(CCl)c(OC(F)(F)F)c1C(F)F. The first-order valence-corrected chi connectivity index (χ1v) is 6.49. The molecule has 0 spiro atoms. The van der Waals surface area contributed by atoms with E-state index in [-0.39, 0.29) is 6.61 Å². The van der Waals surface area contributed by atoms with E-state index < -0.39 is 53.6 Å². The maximum atomic E-state index is 13.1. The van der Waals surface area contributed by atoms with E-state index in [0.29, 0.717) is 0 Å². The van der Waals surface area contributed by atoms with Crippen molar-refractivity contribution in [1.82, 2.24) is 4.98 Å². The molecule has 0 unspecified atom stereocenters. The molecule has 0 aromatic carbocycles. The molecule has 22 heavy (non-hydrogen) atoms. The fourth-order valence-corrected chi connectivity index (χ4v) is 1.85. The molecule has 0 amide bonds. The van der Waals surface area contributed by atoms with E-state index >= 15 is 0 Å². The minimum Gasteiger partial charge on any atom is -0.466 e. The number of esters is 1. The van der Waals surface area contributed by atoms with E-state index in [9.17, 15) is 26.7 Å². The number of ether oxygens (including phenoxy) is 2. The predicted octanol–water partition coefficient (Wildman–Crippen LogP) is 3.76. The van der Waals surface area contributed by atoms with Crippen LogP contribution < -0.4 is 4.74 Å². The molecule has 0 aliphatic heterocycles. The van der Waals surface area contributed by atoms with Gasteiger partial charge in [0.05, 0.1) is 30.2 Å². The number of alkyl halides is 6. The normalized spacial score (nSPS) is 11.6. The van der Waals surface area contributed by atoms with Crippen LogP contribution in [0, 0.1) is 0 Å². The van der Waals surface area contributed by atoms with Gasteiger partial charge in [-0.25, -0.2) is 8.78 Å². The van der Waals surface area contributed by atoms with Gasteiger partial charge in [-0.2, -0.15) is 0 Å². The highest BCUT2D eigenvalue weighted by atomic mass is 35.5. The summed E-state index contributed by atoms with van der Waals surface area (Å²) in [7, 11) is 0. The first-order valence-electron chi connectivity index (χ1n) is 5.95. The molecule has 0 aliphatic rings. The van der Waals surface area contributed by atoms with Crippen molar-refractivity contribution in [1.29, 1.82) is 0 Å². The first-order chi connectivity index (χ1) is 10.2. The highest BCUT2D eigenvalue weighted by Crippen LogP contribution is 2.38. The van der Waals surface area contributed by atoms with Crippen molar-refractivity contribution in [3.8, 4) is 5.75 Å². The van der Waals surface area contributed by atoms with Gasteiger partial charge in [-0.05, 0) is 12.5 Å². The fourth-order valence-electron chi connectivity index (χ4n) is 1.66. The zero-order chi connectivity index (χ0) is 16.9. The summed E-state index contributed by atoms with van der Waals surface area (Å²) in [6.45, 7) is 1.50. The summed E-state index contributed by atoms with van der Waals surface area (Å²) in [6, 6.07) is 0. The molecule has 0 atom stereocenters. The van der Waals surface area contributed by atoms with E-state index in [0.717, 1.165) is 6.20 Å². The number of halogens is 6. The zero-order valence-electron chi connectivity index (χ0n) is 11.2. The summed E-state index contributed by atoms with van der Waals surface area (Å²) in [5.74, 6) is -2.62. The minimum atomic E-state index is -5.20. The molecular formula is C12H11ClF5NO3. The summed E-state index contributed by atoms with van der Waals surface area (Å²) in [4.78, 5) is 14.9. The van der Waals surface area contributed by atoms with Crippen LogP contribution >= 0.6 is 11.6 Å². The van der Waals surface area contributed by atoms with Crippen LogP contribution in [0.3, 0.4) is 0 Å². The van der Waals surface area contributed by atoms with Crippen LogP contribution in [0.4, 0.5) is 22.0 Å². The van der Waals surface area contributed by atoms with Crippen LogP contribution in [0.25, 0.3) is 0 Å².